The fraction of sp³-hybridized carbons (Fsp3) is 0.500. The number of carbonyl (C=O) groups excluding carboxylic acids is 1. The Morgan fingerprint density at radius 1 is 1.38 bits per heavy atom. The normalized spacial score (nSPS) is 15.8. The van der Waals surface area contributed by atoms with Gasteiger partial charge in [0.25, 0.3) is 11.5 Å². The molecule has 0 aromatic carbocycles. The molecule has 0 aliphatic carbocycles. The van der Waals surface area contributed by atoms with Crippen LogP contribution in [0.5, 0.6) is 0 Å². The van der Waals surface area contributed by atoms with E-state index in [1.54, 1.807) is 11.8 Å². The number of carboxylic acids is 1. The maximum absolute atomic E-state index is 12.8. The number of hydrogen-bond donors (Lipinski definition) is 1. The molecule has 0 spiro atoms. The minimum Gasteiger partial charge on any atom is -0.481 e. The number of hydrogen-bond acceptors (Lipinski definition) is 5. The predicted octanol–water partition coefficient (Wildman–Crippen LogP) is 1.72. The Balaban J connectivity index is 1.91. The number of carbonyl (C=O) groups is 2. The van der Waals surface area contributed by atoms with Gasteiger partial charge in [-0.05, 0) is 32.3 Å². The summed E-state index contributed by atoms with van der Waals surface area (Å²) in [6.07, 6.45) is 2.44. The highest BCUT2D eigenvalue weighted by molar-refractivity contribution is 7.20. The smallest absolute Gasteiger partial charge is 0.306 e. The number of fused-ring (bicyclic) bond motifs is 1. The largest absolute Gasteiger partial charge is 0.481 e. The van der Waals surface area contributed by atoms with E-state index in [1.165, 1.54) is 22.2 Å². The van der Waals surface area contributed by atoms with Crippen LogP contribution in [0.1, 0.15) is 35.0 Å². The average molecular weight is 349 g/mol. The van der Waals surface area contributed by atoms with Crippen LogP contribution in [0.2, 0.25) is 0 Å². The van der Waals surface area contributed by atoms with E-state index >= 15 is 0 Å². The molecule has 0 saturated carbocycles. The van der Waals surface area contributed by atoms with Gasteiger partial charge in [0.1, 0.15) is 4.83 Å². The maximum atomic E-state index is 12.8. The number of aryl methyl sites for hydroxylation is 2. The molecule has 0 unspecified atom stereocenters. The van der Waals surface area contributed by atoms with Gasteiger partial charge in [-0.2, -0.15) is 0 Å². The van der Waals surface area contributed by atoms with Crippen LogP contribution in [0, 0.1) is 12.8 Å². The van der Waals surface area contributed by atoms with Crippen molar-refractivity contribution in [1.29, 1.82) is 0 Å². The highest BCUT2D eigenvalue weighted by atomic mass is 32.1. The second kappa shape index (κ2) is 6.35. The first-order chi connectivity index (χ1) is 11.4. The van der Waals surface area contributed by atoms with E-state index in [0.29, 0.717) is 53.1 Å². The molecule has 2 aromatic rings. The SMILES string of the molecule is CCn1cnc2sc(C(=O)N3CCC(C(=O)O)CC3)c(C)c2c1=O. The third-order valence-corrected chi connectivity index (χ3v) is 5.77. The molecular formula is C16H19N3O4S. The molecule has 7 nitrogen and oxygen atoms in total. The molecule has 1 fully saturated rings. The van der Waals surface area contributed by atoms with Crippen molar-refractivity contribution >= 4 is 33.4 Å². The van der Waals surface area contributed by atoms with Crippen molar-refractivity contribution in [1.82, 2.24) is 14.5 Å². The summed E-state index contributed by atoms with van der Waals surface area (Å²) < 4.78 is 1.52. The van der Waals surface area contributed by atoms with Crippen LogP contribution < -0.4 is 5.56 Å². The number of carboxylic acid groups (broad SMARTS) is 1. The van der Waals surface area contributed by atoms with Crippen LogP contribution >= 0.6 is 11.3 Å². The number of nitrogens with zero attached hydrogens (tertiary/aromatic N) is 3. The summed E-state index contributed by atoms with van der Waals surface area (Å²) in [4.78, 5) is 43.3. The molecule has 1 aliphatic rings. The van der Waals surface area contributed by atoms with Crippen LogP contribution in [0.4, 0.5) is 0 Å². The summed E-state index contributed by atoms with van der Waals surface area (Å²) in [7, 11) is 0. The Labute approximate surface area is 142 Å². The van der Waals surface area contributed by atoms with Gasteiger partial charge < -0.3 is 10.0 Å². The van der Waals surface area contributed by atoms with E-state index < -0.39 is 5.97 Å². The molecule has 24 heavy (non-hydrogen) atoms. The number of aromatic nitrogens is 2. The Morgan fingerprint density at radius 3 is 2.62 bits per heavy atom. The second-order valence-corrected chi connectivity index (χ2v) is 6.98. The first-order valence-electron chi connectivity index (χ1n) is 7.94. The standard InChI is InChI=1S/C16H19N3O4S/c1-3-18-8-17-13-11(14(18)20)9(2)12(24-13)15(21)19-6-4-10(5-7-19)16(22)23/h8,10H,3-7H2,1-2H3,(H,22,23). The molecular weight excluding hydrogens is 330 g/mol. The number of aliphatic carboxylic acids is 1. The van der Waals surface area contributed by atoms with Gasteiger partial charge in [-0.1, -0.05) is 0 Å². The molecule has 1 aliphatic heterocycles. The van der Waals surface area contributed by atoms with Gasteiger partial charge in [-0.3, -0.25) is 19.0 Å². The summed E-state index contributed by atoms with van der Waals surface area (Å²) in [6.45, 7) is 5.03. The average Bonchev–Trinajstić information content (AvgIpc) is 2.92. The highest BCUT2D eigenvalue weighted by Crippen LogP contribution is 2.29. The summed E-state index contributed by atoms with van der Waals surface area (Å²) in [5, 5.41) is 9.56. The monoisotopic (exact) mass is 349 g/mol. The second-order valence-electron chi connectivity index (χ2n) is 5.98. The van der Waals surface area contributed by atoms with E-state index in [9.17, 15) is 14.4 Å². The molecule has 8 heteroatoms. The number of amides is 1. The van der Waals surface area contributed by atoms with E-state index in [1.807, 2.05) is 6.92 Å². The van der Waals surface area contributed by atoms with E-state index in [2.05, 4.69) is 4.98 Å². The van der Waals surface area contributed by atoms with Crippen LogP contribution in [0.3, 0.4) is 0 Å². The zero-order chi connectivity index (χ0) is 17.4. The molecule has 1 amide bonds. The molecule has 3 rings (SSSR count). The molecule has 3 heterocycles. The topological polar surface area (TPSA) is 92.5 Å². The lowest BCUT2D eigenvalue weighted by Crippen LogP contribution is -2.40. The van der Waals surface area contributed by atoms with Gasteiger partial charge >= 0.3 is 5.97 Å². The van der Waals surface area contributed by atoms with Gasteiger partial charge in [0.15, 0.2) is 0 Å². The Bertz CT molecular complexity index is 862. The third-order valence-electron chi connectivity index (χ3n) is 4.58. The first-order valence-corrected chi connectivity index (χ1v) is 8.76. The van der Waals surface area contributed by atoms with E-state index in [-0.39, 0.29) is 17.4 Å². The van der Waals surface area contributed by atoms with Crippen molar-refractivity contribution in [2.24, 2.45) is 5.92 Å². The lowest BCUT2D eigenvalue weighted by atomic mass is 9.97. The van der Waals surface area contributed by atoms with Gasteiger partial charge in [0.05, 0.1) is 22.5 Å². The lowest BCUT2D eigenvalue weighted by molar-refractivity contribution is -0.143. The minimum atomic E-state index is -0.801. The van der Waals surface area contributed by atoms with Gasteiger partial charge in [-0.15, -0.1) is 11.3 Å². The molecule has 0 atom stereocenters. The number of thiophene rings is 1. The number of likely N-dealkylation sites (tertiary alicyclic amines) is 1. The molecule has 1 saturated heterocycles. The fourth-order valence-electron chi connectivity index (χ4n) is 3.06. The molecule has 2 aromatic heterocycles. The summed E-state index contributed by atoms with van der Waals surface area (Å²) in [5.41, 5.74) is 0.542. The zero-order valence-corrected chi connectivity index (χ0v) is 14.4. The van der Waals surface area contributed by atoms with E-state index in [4.69, 9.17) is 5.11 Å². The number of rotatable bonds is 3. The van der Waals surface area contributed by atoms with Gasteiger partial charge in [0, 0.05) is 19.6 Å². The van der Waals surface area contributed by atoms with Crippen LogP contribution in [-0.4, -0.2) is 44.5 Å². The maximum Gasteiger partial charge on any atom is 0.306 e. The molecule has 0 bridgehead atoms. The van der Waals surface area contributed by atoms with Crippen molar-refractivity contribution in [2.45, 2.75) is 33.2 Å². The van der Waals surface area contributed by atoms with Gasteiger partial charge in [0.2, 0.25) is 0 Å². The van der Waals surface area contributed by atoms with Crippen LogP contribution in [-0.2, 0) is 11.3 Å². The highest BCUT2D eigenvalue weighted by Gasteiger charge is 2.29. The zero-order valence-electron chi connectivity index (χ0n) is 13.6. The molecule has 0 radical (unpaired) electrons. The molecule has 1 N–H and O–H groups in total. The third kappa shape index (κ3) is 2.71. The van der Waals surface area contributed by atoms with Gasteiger partial charge in [-0.25, -0.2) is 4.98 Å². The summed E-state index contributed by atoms with van der Waals surface area (Å²) >= 11 is 1.23. The molecule has 128 valence electrons. The van der Waals surface area contributed by atoms with Crippen molar-refractivity contribution in [3.63, 3.8) is 0 Å². The Morgan fingerprint density at radius 2 is 2.04 bits per heavy atom. The fourth-order valence-corrected chi connectivity index (χ4v) is 4.17. The quantitative estimate of drug-likeness (QED) is 0.911. The van der Waals surface area contributed by atoms with Crippen LogP contribution in [0.15, 0.2) is 11.1 Å². The lowest BCUT2D eigenvalue weighted by Gasteiger charge is -2.29. The van der Waals surface area contributed by atoms with Crippen LogP contribution in [0.25, 0.3) is 10.2 Å². The van der Waals surface area contributed by atoms with Crippen molar-refractivity contribution in [3.05, 3.63) is 27.1 Å². The minimum absolute atomic E-state index is 0.125. The van der Waals surface area contributed by atoms with Crippen molar-refractivity contribution < 1.29 is 14.7 Å². The van der Waals surface area contributed by atoms with E-state index in [0.717, 1.165) is 0 Å². The van der Waals surface area contributed by atoms with Crippen molar-refractivity contribution in [2.75, 3.05) is 13.1 Å². The Hall–Kier alpha value is -2.22. The summed E-state index contributed by atoms with van der Waals surface area (Å²) in [6, 6.07) is 0. The van der Waals surface area contributed by atoms with Crippen molar-refractivity contribution in [3.8, 4) is 0 Å². The predicted molar refractivity (Wildman–Crippen MR) is 90.6 cm³/mol. The Kier molecular flexibility index (Phi) is 4.40. The first kappa shape index (κ1) is 16.6. The number of piperidine rings is 1. The summed E-state index contributed by atoms with van der Waals surface area (Å²) in [5.74, 6) is -1.32.